The summed E-state index contributed by atoms with van der Waals surface area (Å²) in [5, 5.41) is 3.59. The highest BCUT2D eigenvalue weighted by Crippen LogP contribution is 2.53. The van der Waals surface area contributed by atoms with Crippen LogP contribution in [-0.4, -0.2) is 42.5 Å². The monoisotopic (exact) mass is 364 g/mol. The second-order valence-electron chi connectivity index (χ2n) is 6.83. The Morgan fingerprint density at radius 3 is 2.76 bits per heavy atom. The second kappa shape index (κ2) is 6.87. The number of benzene rings is 1. The molecule has 1 aromatic carbocycles. The van der Waals surface area contributed by atoms with Crippen molar-refractivity contribution in [2.24, 2.45) is 5.41 Å². The fraction of sp³-hybridized carbons (Fsp3) is 0.579. The molecule has 136 valence electrons. The number of ether oxygens (including phenoxy) is 1. The fourth-order valence-electron chi connectivity index (χ4n) is 4.56. The Labute approximate surface area is 153 Å². The van der Waals surface area contributed by atoms with Crippen LogP contribution in [0.3, 0.4) is 0 Å². The van der Waals surface area contributed by atoms with Gasteiger partial charge in [0.1, 0.15) is 0 Å². The van der Waals surface area contributed by atoms with Gasteiger partial charge in [-0.1, -0.05) is 18.5 Å². The number of halogens is 1. The number of anilines is 1. The minimum atomic E-state index is -0.576. The summed E-state index contributed by atoms with van der Waals surface area (Å²) in [5.74, 6) is -0.221. The van der Waals surface area contributed by atoms with E-state index < -0.39 is 5.41 Å². The van der Waals surface area contributed by atoms with Gasteiger partial charge in [0, 0.05) is 29.8 Å². The van der Waals surface area contributed by atoms with Crippen molar-refractivity contribution in [3.63, 3.8) is 0 Å². The zero-order chi connectivity index (χ0) is 18.2. The Morgan fingerprint density at radius 2 is 2.12 bits per heavy atom. The maximum atomic E-state index is 13.3. The minimum absolute atomic E-state index is 0.0565. The number of hydrogen-bond acceptors (Lipinski definition) is 4. The lowest BCUT2D eigenvalue weighted by Gasteiger charge is -2.34. The summed E-state index contributed by atoms with van der Waals surface area (Å²) in [5.41, 5.74) is 0.731. The van der Waals surface area contributed by atoms with Gasteiger partial charge in [0.2, 0.25) is 0 Å². The van der Waals surface area contributed by atoms with Gasteiger partial charge in [-0.05, 0) is 50.8 Å². The third kappa shape index (κ3) is 2.78. The Hall–Kier alpha value is -1.75. The predicted molar refractivity (Wildman–Crippen MR) is 98.0 cm³/mol. The maximum absolute atomic E-state index is 13.3. The van der Waals surface area contributed by atoms with Crippen molar-refractivity contribution in [3.8, 4) is 0 Å². The van der Waals surface area contributed by atoms with E-state index in [4.69, 9.17) is 16.3 Å². The number of fused-ring (bicyclic) bond motifs is 2. The van der Waals surface area contributed by atoms with Crippen molar-refractivity contribution in [1.82, 2.24) is 4.90 Å². The van der Waals surface area contributed by atoms with Crippen LogP contribution in [0.15, 0.2) is 18.2 Å². The van der Waals surface area contributed by atoms with Crippen molar-refractivity contribution in [2.45, 2.75) is 51.6 Å². The van der Waals surface area contributed by atoms with E-state index in [1.807, 2.05) is 24.8 Å². The van der Waals surface area contributed by atoms with Crippen molar-refractivity contribution in [1.29, 1.82) is 0 Å². The van der Waals surface area contributed by atoms with Gasteiger partial charge in [-0.3, -0.25) is 9.59 Å². The molecule has 6 heteroatoms. The van der Waals surface area contributed by atoms with Crippen LogP contribution in [0.25, 0.3) is 0 Å². The number of esters is 1. The van der Waals surface area contributed by atoms with Crippen molar-refractivity contribution < 1.29 is 14.3 Å². The van der Waals surface area contributed by atoms with E-state index in [1.165, 1.54) is 0 Å². The van der Waals surface area contributed by atoms with Gasteiger partial charge in [0.15, 0.2) is 0 Å². The van der Waals surface area contributed by atoms with Crippen LogP contribution in [0.2, 0.25) is 5.02 Å². The van der Waals surface area contributed by atoms with Crippen LogP contribution in [-0.2, 0) is 9.53 Å². The molecule has 3 rings (SSSR count). The Balaban J connectivity index is 1.95. The first-order chi connectivity index (χ1) is 12.0. The lowest BCUT2D eigenvalue weighted by atomic mass is 9.72. The molecule has 5 nitrogen and oxygen atoms in total. The number of carbonyl (C=O) groups excluding carboxylic acids is 2. The van der Waals surface area contributed by atoms with Crippen LogP contribution in [0.5, 0.6) is 0 Å². The summed E-state index contributed by atoms with van der Waals surface area (Å²) in [6, 6.07) is 5.26. The van der Waals surface area contributed by atoms with E-state index in [9.17, 15) is 9.59 Å². The van der Waals surface area contributed by atoms with Gasteiger partial charge in [0.25, 0.3) is 5.91 Å². The third-order valence-electron chi connectivity index (χ3n) is 5.77. The first-order valence-corrected chi connectivity index (χ1v) is 9.33. The highest BCUT2D eigenvalue weighted by molar-refractivity contribution is 6.31. The molecule has 0 spiro atoms. The Morgan fingerprint density at radius 1 is 1.36 bits per heavy atom. The molecule has 3 atom stereocenters. The van der Waals surface area contributed by atoms with E-state index in [0.717, 1.165) is 18.5 Å². The highest BCUT2D eigenvalue weighted by Gasteiger charge is 2.61. The molecular weight excluding hydrogens is 340 g/mol. The van der Waals surface area contributed by atoms with Crippen molar-refractivity contribution in [3.05, 3.63) is 28.8 Å². The molecule has 0 aliphatic carbocycles. The molecule has 1 amide bonds. The van der Waals surface area contributed by atoms with E-state index in [1.54, 1.807) is 19.2 Å². The number of carbonyl (C=O) groups is 2. The van der Waals surface area contributed by atoms with Crippen LogP contribution in [0, 0.1) is 5.41 Å². The van der Waals surface area contributed by atoms with Crippen molar-refractivity contribution >= 4 is 29.2 Å². The molecule has 0 unspecified atom stereocenters. The molecule has 2 aliphatic heterocycles. The Kier molecular flexibility index (Phi) is 4.96. The molecule has 1 aromatic rings. The summed E-state index contributed by atoms with van der Waals surface area (Å²) in [7, 11) is 1.79. The number of nitrogens with zero attached hydrogens (tertiary/aromatic N) is 1. The minimum Gasteiger partial charge on any atom is -0.466 e. The van der Waals surface area contributed by atoms with Gasteiger partial charge >= 0.3 is 5.97 Å². The second-order valence-corrected chi connectivity index (χ2v) is 7.27. The molecule has 2 saturated heterocycles. The van der Waals surface area contributed by atoms with Gasteiger partial charge in [-0.25, -0.2) is 0 Å². The van der Waals surface area contributed by atoms with Crippen LogP contribution < -0.4 is 5.32 Å². The van der Waals surface area contributed by atoms with E-state index >= 15 is 0 Å². The largest absolute Gasteiger partial charge is 0.466 e. The summed E-state index contributed by atoms with van der Waals surface area (Å²) >= 11 is 6.12. The van der Waals surface area contributed by atoms with Gasteiger partial charge < -0.3 is 15.0 Å². The first kappa shape index (κ1) is 18.1. The molecule has 2 heterocycles. The van der Waals surface area contributed by atoms with E-state index in [-0.39, 0.29) is 24.0 Å². The lowest BCUT2D eigenvalue weighted by Crippen LogP contribution is -2.45. The molecule has 2 bridgehead atoms. The summed E-state index contributed by atoms with van der Waals surface area (Å²) in [6.45, 7) is 4.20. The first-order valence-electron chi connectivity index (χ1n) is 8.95. The molecule has 25 heavy (non-hydrogen) atoms. The molecule has 0 aromatic heterocycles. The number of rotatable bonds is 5. The van der Waals surface area contributed by atoms with Crippen LogP contribution >= 0.6 is 11.6 Å². The SMILES string of the molecule is CCOC(=O)[C@@]1(CC)C[C@H]2CC[C@@H]1N2C(=O)c1cc(Cl)ccc1NC. The summed E-state index contributed by atoms with van der Waals surface area (Å²) in [6.07, 6.45) is 3.16. The lowest BCUT2D eigenvalue weighted by molar-refractivity contribution is -0.157. The zero-order valence-electron chi connectivity index (χ0n) is 15.0. The average molecular weight is 365 g/mol. The van der Waals surface area contributed by atoms with E-state index in [0.29, 0.717) is 30.0 Å². The third-order valence-corrected chi connectivity index (χ3v) is 6.00. The summed E-state index contributed by atoms with van der Waals surface area (Å²) < 4.78 is 5.36. The van der Waals surface area contributed by atoms with Gasteiger partial charge in [-0.15, -0.1) is 0 Å². The molecule has 0 radical (unpaired) electrons. The van der Waals surface area contributed by atoms with Crippen LogP contribution in [0.4, 0.5) is 5.69 Å². The quantitative estimate of drug-likeness (QED) is 0.809. The fourth-order valence-corrected chi connectivity index (χ4v) is 4.73. The molecular formula is C19H25ClN2O3. The average Bonchev–Trinajstić information content (AvgIpc) is 3.17. The number of nitrogens with one attached hydrogen (secondary N) is 1. The standard InChI is InChI=1S/C19H25ClN2O3/c1-4-19(18(24)25-5-2)11-13-7-9-16(19)22(13)17(23)14-10-12(20)6-8-15(14)21-3/h6,8,10,13,16,21H,4-5,7,9,11H2,1-3H3/t13-,16+,19+/m1/s1. The molecule has 2 fully saturated rings. The molecule has 2 aliphatic rings. The number of hydrogen-bond donors (Lipinski definition) is 1. The van der Waals surface area contributed by atoms with Crippen LogP contribution in [0.1, 0.15) is 49.9 Å². The predicted octanol–water partition coefficient (Wildman–Crippen LogP) is 3.72. The Bertz CT molecular complexity index is 693. The van der Waals surface area contributed by atoms with E-state index in [2.05, 4.69) is 5.32 Å². The topological polar surface area (TPSA) is 58.6 Å². The molecule has 0 saturated carbocycles. The number of amides is 1. The van der Waals surface area contributed by atoms with Gasteiger partial charge in [-0.2, -0.15) is 0 Å². The smallest absolute Gasteiger partial charge is 0.314 e. The maximum Gasteiger partial charge on any atom is 0.314 e. The van der Waals surface area contributed by atoms with Gasteiger partial charge in [0.05, 0.1) is 17.6 Å². The normalized spacial score (nSPS) is 27.4. The zero-order valence-corrected chi connectivity index (χ0v) is 15.7. The van der Waals surface area contributed by atoms with Crippen molar-refractivity contribution in [2.75, 3.05) is 19.0 Å². The summed E-state index contributed by atoms with van der Waals surface area (Å²) in [4.78, 5) is 27.9. The molecule has 1 N–H and O–H groups in total. The highest BCUT2D eigenvalue weighted by atomic mass is 35.5.